The molecular formula is C17H19NO4. The fourth-order valence-corrected chi connectivity index (χ4v) is 2.23. The third kappa shape index (κ3) is 3.62. The van der Waals surface area contributed by atoms with E-state index < -0.39 is 11.0 Å². The highest BCUT2D eigenvalue weighted by molar-refractivity contribution is 5.67. The van der Waals surface area contributed by atoms with Crippen molar-refractivity contribution < 1.29 is 14.8 Å². The molecule has 22 heavy (non-hydrogen) atoms. The number of nitro benzene ring substituents is 1. The second kappa shape index (κ2) is 6.58. The molecule has 0 saturated carbocycles. The Bertz CT molecular complexity index is 663. The van der Waals surface area contributed by atoms with Crippen LogP contribution in [0.25, 0.3) is 11.1 Å². The molecule has 0 aliphatic heterocycles. The highest BCUT2D eigenvalue weighted by Crippen LogP contribution is 2.31. The Morgan fingerprint density at radius 2 is 1.64 bits per heavy atom. The van der Waals surface area contributed by atoms with Gasteiger partial charge in [-0.15, -0.1) is 0 Å². The third-order valence-corrected chi connectivity index (χ3v) is 3.23. The van der Waals surface area contributed by atoms with Gasteiger partial charge in [-0.05, 0) is 56.2 Å². The Morgan fingerprint density at radius 1 is 1.05 bits per heavy atom. The molecule has 0 aliphatic rings. The minimum atomic E-state index is -0.899. The second-order valence-electron chi connectivity index (χ2n) is 5.40. The lowest BCUT2D eigenvalue weighted by Crippen LogP contribution is -2.05. The fourth-order valence-electron chi connectivity index (χ4n) is 2.23. The molecule has 0 aliphatic carbocycles. The number of aliphatic hydroxyl groups excluding tert-OH is 1. The summed E-state index contributed by atoms with van der Waals surface area (Å²) in [5, 5.41) is 20.7. The zero-order valence-electron chi connectivity index (χ0n) is 12.8. The van der Waals surface area contributed by atoms with Gasteiger partial charge < -0.3 is 9.84 Å². The molecular weight excluding hydrogens is 282 g/mol. The highest BCUT2D eigenvalue weighted by Gasteiger charge is 2.18. The Kier molecular flexibility index (Phi) is 4.78. The number of nitrogens with zero attached hydrogens (tertiary/aromatic N) is 1. The van der Waals surface area contributed by atoms with E-state index in [0.717, 1.165) is 16.9 Å². The van der Waals surface area contributed by atoms with Gasteiger partial charge in [0.2, 0.25) is 0 Å². The Labute approximate surface area is 129 Å². The lowest BCUT2D eigenvalue weighted by atomic mass is 9.99. The fraction of sp³-hybridized carbons (Fsp3) is 0.294. The van der Waals surface area contributed by atoms with Crippen molar-refractivity contribution >= 4 is 5.69 Å². The summed E-state index contributed by atoms with van der Waals surface area (Å²) in [5.74, 6) is 0.774. The normalized spacial score (nSPS) is 12.2. The van der Waals surface area contributed by atoms with E-state index in [1.54, 1.807) is 12.1 Å². The minimum absolute atomic E-state index is 0.0708. The van der Waals surface area contributed by atoms with Crippen molar-refractivity contribution in [1.82, 2.24) is 0 Å². The van der Waals surface area contributed by atoms with Crippen LogP contribution in [0.3, 0.4) is 0 Å². The standard InChI is InChI=1S/C17H19NO4/c1-11(2)22-15-7-4-13(5-8-15)14-6-9-17(18(20)21)16(10-14)12(3)19/h4-12,19H,1-3H3. The molecule has 1 atom stereocenters. The van der Waals surface area contributed by atoms with E-state index in [1.165, 1.54) is 13.0 Å². The Balaban J connectivity index is 2.36. The molecule has 0 aromatic heterocycles. The van der Waals surface area contributed by atoms with Crippen LogP contribution in [0.15, 0.2) is 42.5 Å². The van der Waals surface area contributed by atoms with Gasteiger partial charge in [-0.3, -0.25) is 10.1 Å². The van der Waals surface area contributed by atoms with Crippen molar-refractivity contribution in [3.8, 4) is 16.9 Å². The average molecular weight is 301 g/mol. The molecule has 2 aromatic rings. The number of ether oxygens (including phenoxy) is 1. The van der Waals surface area contributed by atoms with Crippen LogP contribution in [0, 0.1) is 10.1 Å². The van der Waals surface area contributed by atoms with Gasteiger partial charge in [0, 0.05) is 6.07 Å². The minimum Gasteiger partial charge on any atom is -0.491 e. The van der Waals surface area contributed by atoms with Gasteiger partial charge in [0.25, 0.3) is 5.69 Å². The van der Waals surface area contributed by atoms with Crippen molar-refractivity contribution in [3.63, 3.8) is 0 Å². The lowest BCUT2D eigenvalue weighted by Gasteiger charge is -2.11. The van der Waals surface area contributed by atoms with Gasteiger partial charge in [-0.2, -0.15) is 0 Å². The summed E-state index contributed by atoms with van der Waals surface area (Å²) in [7, 11) is 0. The average Bonchev–Trinajstić information content (AvgIpc) is 2.46. The first-order valence-electron chi connectivity index (χ1n) is 7.12. The Hall–Kier alpha value is -2.40. The predicted octanol–water partition coefficient (Wildman–Crippen LogP) is 4.10. The number of rotatable bonds is 5. The number of hydrogen-bond acceptors (Lipinski definition) is 4. The van der Waals surface area contributed by atoms with Crippen LogP contribution in [0.5, 0.6) is 5.75 Å². The summed E-state index contributed by atoms with van der Waals surface area (Å²) in [6.07, 6.45) is -0.795. The molecule has 5 heteroatoms. The van der Waals surface area contributed by atoms with Crippen LogP contribution >= 0.6 is 0 Å². The molecule has 0 amide bonds. The summed E-state index contributed by atoms with van der Waals surface area (Å²) < 4.78 is 5.59. The maximum absolute atomic E-state index is 11.0. The molecule has 1 unspecified atom stereocenters. The summed E-state index contributed by atoms with van der Waals surface area (Å²) >= 11 is 0. The van der Waals surface area contributed by atoms with Crippen molar-refractivity contribution in [1.29, 1.82) is 0 Å². The molecule has 0 bridgehead atoms. The van der Waals surface area contributed by atoms with Crippen LogP contribution < -0.4 is 4.74 Å². The molecule has 2 aromatic carbocycles. The predicted molar refractivity (Wildman–Crippen MR) is 84.9 cm³/mol. The van der Waals surface area contributed by atoms with Gasteiger partial charge >= 0.3 is 0 Å². The number of hydrogen-bond donors (Lipinski definition) is 1. The van der Waals surface area contributed by atoms with Crippen LogP contribution in [-0.4, -0.2) is 16.1 Å². The van der Waals surface area contributed by atoms with Crippen molar-refractivity contribution in [2.75, 3.05) is 0 Å². The van der Waals surface area contributed by atoms with Crippen molar-refractivity contribution in [2.45, 2.75) is 33.0 Å². The third-order valence-electron chi connectivity index (χ3n) is 3.23. The first kappa shape index (κ1) is 16.0. The van der Waals surface area contributed by atoms with Crippen LogP contribution in [0.2, 0.25) is 0 Å². The van der Waals surface area contributed by atoms with Crippen molar-refractivity contribution in [2.24, 2.45) is 0 Å². The van der Waals surface area contributed by atoms with Crippen LogP contribution in [-0.2, 0) is 0 Å². The van der Waals surface area contributed by atoms with Crippen LogP contribution in [0.1, 0.15) is 32.4 Å². The van der Waals surface area contributed by atoms with E-state index in [1.807, 2.05) is 38.1 Å². The summed E-state index contributed by atoms with van der Waals surface area (Å²) in [4.78, 5) is 10.5. The van der Waals surface area contributed by atoms with E-state index >= 15 is 0 Å². The summed E-state index contributed by atoms with van der Waals surface area (Å²) in [6, 6.07) is 12.3. The smallest absolute Gasteiger partial charge is 0.275 e. The number of aliphatic hydroxyl groups is 1. The molecule has 0 saturated heterocycles. The topological polar surface area (TPSA) is 72.6 Å². The quantitative estimate of drug-likeness (QED) is 0.666. The lowest BCUT2D eigenvalue weighted by molar-refractivity contribution is -0.386. The SMILES string of the molecule is CC(C)Oc1ccc(-c2ccc([N+](=O)[O-])c(C(C)O)c2)cc1. The van der Waals surface area contributed by atoms with E-state index in [9.17, 15) is 15.2 Å². The molecule has 5 nitrogen and oxygen atoms in total. The summed E-state index contributed by atoms with van der Waals surface area (Å²) in [5.41, 5.74) is 1.97. The van der Waals surface area contributed by atoms with Crippen molar-refractivity contribution in [3.05, 3.63) is 58.1 Å². The van der Waals surface area contributed by atoms with E-state index in [0.29, 0.717) is 5.56 Å². The van der Waals surface area contributed by atoms with Gasteiger partial charge in [0.05, 0.1) is 22.7 Å². The monoisotopic (exact) mass is 301 g/mol. The second-order valence-corrected chi connectivity index (χ2v) is 5.40. The maximum atomic E-state index is 11.0. The van der Waals surface area contributed by atoms with E-state index in [4.69, 9.17) is 4.74 Å². The molecule has 0 spiro atoms. The van der Waals surface area contributed by atoms with E-state index in [2.05, 4.69) is 0 Å². The molecule has 2 rings (SSSR count). The van der Waals surface area contributed by atoms with Gasteiger partial charge in [0.15, 0.2) is 0 Å². The van der Waals surface area contributed by atoms with E-state index in [-0.39, 0.29) is 11.8 Å². The van der Waals surface area contributed by atoms with Gasteiger partial charge in [0.1, 0.15) is 5.75 Å². The first-order chi connectivity index (χ1) is 10.4. The highest BCUT2D eigenvalue weighted by atomic mass is 16.6. The number of nitro groups is 1. The number of benzene rings is 2. The maximum Gasteiger partial charge on any atom is 0.275 e. The molecule has 0 radical (unpaired) electrons. The molecule has 1 N–H and O–H groups in total. The zero-order valence-corrected chi connectivity index (χ0v) is 12.8. The molecule has 116 valence electrons. The van der Waals surface area contributed by atoms with Gasteiger partial charge in [-0.25, -0.2) is 0 Å². The zero-order chi connectivity index (χ0) is 16.3. The Morgan fingerprint density at radius 3 is 2.14 bits per heavy atom. The summed E-state index contributed by atoms with van der Waals surface area (Å²) in [6.45, 7) is 5.43. The first-order valence-corrected chi connectivity index (χ1v) is 7.12. The van der Waals surface area contributed by atoms with Gasteiger partial charge in [-0.1, -0.05) is 12.1 Å². The molecule has 0 heterocycles. The van der Waals surface area contributed by atoms with Crippen LogP contribution in [0.4, 0.5) is 5.69 Å². The molecule has 0 fully saturated rings. The largest absolute Gasteiger partial charge is 0.491 e.